The number of hydrogen-bond acceptors (Lipinski definition) is 3. The Hall–Kier alpha value is -0.280. The van der Waals surface area contributed by atoms with E-state index in [4.69, 9.17) is 21.1 Å². The first-order valence-electron chi connectivity index (χ1n) is 4.34. The summed E-state index contributed by atoms with van der Waals surface area (Å²) in [5.41, 5.74) is -0.194. The van der Waals surface area contributed by atoms with Gasteiger partial charge in [-0.3, -0.25) is 4.79 Å². The average Bonchev–Trinajstić information content (AvgIpc) is 2.01. The van der Waals surface area contributed by atoms with Gasteiger partial charge in [0.2, 0.25) is 6.29 Å². The molecule has 2 atom stereocenters. The van der Waals surface area contributed by atoms with Gasteiger partial charge in [-0.15, -0.1) is 11.6 Å². The normalized spacial score (nSPS) is 30.0. The zero-order chi connectivity index (χ0) is 10.1. The van der Waals surface area contributed by atoms with Gasteiger partial charge in [-0.2, -0.15) is 0 Å². The lowest BCUT2D eigenvalue weighted by Gasteiger charge is -2.36. The molecular weight excluding hydrogens is 192 g/mol. The third-order valence-corrected chi connectivity index (χ3v) is 2.17. The van der Waals surface area contributed by atoms with Crippen LogP contribution in [0.3, 0.4) is 0 Å². The van der Waals surface area contributed by atoms with Crippen LogP contribution in [0.15, 0.2) is 0 Å². The number of carbonyl (C=O) groups excluding carboxylic acids is 1. The van der Waals surface area contributed by atoms with Crippen LogP contribution in [-0.2, 0) is 14.3 Å². The molecular formula is C9H15ClO3. The molecule has 0 aromatic carbocycles. The summed E-state index contributed by atoms with van der Waals surface area (Å²) in [7, 11) is 0. The molecule has 76 valence electrons. The van der Waals surface area contributed by atoms with Gasteiger partial charge in [-0.05, 0) is 0 Å². The summed E-state index contributed by atoms with van der Waals surface area (Å²) < 4.78 is 10.6. The molecule has 3 nitrogen and oxygen atoms in total. The summed E-state index contributed by atoms with van der Waals surface area (Å²) >= 11 is 5.63. The van der Waals surface area contributed by atoms with E-state index >= 15 is 0 Å². The fourth-order valence-electron chi connectivity index (χ4n) is 1.08. The number of halogens is 1. The van der Waals surface area contributed by atoms with Gasteiger partial charge in [0.05, 0.1) is 12.5 Å². The second-order valence-electron chi connectivity index (χ2n) is 4.30. The summed E-state index contributed by atoms with van der Waals surface area (Å²) in [5, 5.41) is 0. The Balaban J connectivity index is 2.62. The Kier molecular flexibility index (Phi) is 3.19. The quantitative estimate of drug-likeness (QED) is 0.486. The Bertz CT molecular complexity index is 198. The highest BCUT2D eigenvalue weighted by molar-refractivity contribution is 6.18. The monoisotopic (exact) mass is 206 g/mol. The summed E-state index contributed by atoms with van der Waals surface area (Å²) in [6.45, 7) is 5.88. The van der Waals surface area contributed by atoms with Crippen LogP contribution < -0.4 is 0 Å². The van der Waals surface area contributed by atoms with Gasteiger partial charge in [-0.25, -0.2) is 0 Å². The Morgan fingerprint density at radius 1 is 1.54 bits per heavy atom. The molecule has 0 aromatic heterocycles. The van der Waals surface area contributed by atoms with Gasteiger partial charge in [0.1, 0.15) is 0 Å². The lowest BCUT2D eigenvalue weighted by molar-refractivity contribution is -0.239. The molecule has 0 spiro atoms. The second kappa shape index (κ2) is 3.84. The molecule has 0 aliphatic carbocycles. The first kappa shape index (κ1) is 10.8. The van der Waals surface area contributed by atoms with E-state index < -0.39 is 6.29 Å². The third kappa shape index (κ3) is 2.85. The summed E-state index contributed by atoms with van der Waals surface area (Å²) in [6, 6.07) is 0. The molecule has 0 aromatic rings. The van der Waals surface area contributed by atoms with Gasteiger partial charge in [0, 0.05) is 11.3 Å². The van der Waals surface area contributed by atoms with Gasteiger partial charge >= 0.3 is 5.97 Å². The summed E-state index contributed by atoms with van der Waals surface area (Å²) in [5.74, 6) is 0.110. The number of ether oxygens (including phenoxy) is 2. The highest BCUT2D eigenvalue weighted by Gasteiger charge is 2.36. The Morgan fingerprint density at radius 3 is 2.62 bits per heavy atom. The molecule has 1 rings (SSSR count). The molecule has 2 unspecified atom stereocenters. The van der Waals surface area contributed by atoms with E-state index in [0.717, 1.165) is 0 Å². The highest BCUT2D eigenvalue weighted by atomic mass is 35.5. The van der Waals surface area contributed by atoms with Crippen LogP contribution in [0.2, 0.25) is 0 Å². The van der Waals surface area contributed by atoms with Crippen molar-refractivity contribution in [2.24, 2.45) is 5.41 Å². The van der Waals surface area contributed by atoms with Crippen LogP contribution >= 0.6 is 11.6 Å². The SMILES string of the molecule is CC(C)(C)C1OC(=O)CC(CCl)O1. The first-order valence-corrected chi connectivity index (χ1v) is 4.88. The van der Waals surface area contributed by atoms with Crippen LogP contribution in [0.5, 0.6) is 0 Å². The van der Waals surface area contributed by atoms with E-state index in [1.165, 1.54) is 0 Å². The maximum atomic E-state index is 11.1. The number of carbonyl (C=O) groups is 1. The van der Waals surface area contributed by atoms with Crippen LogP contribution in [0, 0.1) is 5.41 Å². The molecule has 1 fully saturated rings. The number of esters is 1. The van der Waals surface area contributed by atoms with E-state index in [-0.39, 0.29) is 23.9 Å². The van der Waals surface area contributed by atoms with Gasteiger partial charge in [0.15, 0.2) is 0 Å². The topological polar surface area (TPSA) is 35.5 Å². The van der Waals surface area contributed by atoms with Crippen molar-refractivity contribution in [2.75, 3.05) is 5.88 Å². The van der Waals surface area contributed by atoms with Crippen molar-refractivity contribution in [1.29, 1.82) is 0 Å². The van der Waals surface area contributed by atoms with Crippen LogP contribution in [0.4, 0.5) is 0 Å². The van der Waals surface area contributed by atoms with E-state index in [2.05, 4.69) is 0 Å². The maximum absolute atomic E-state index is 11.1. The molecule has 1 aliphatic heterocycles. The number of rotatable bonds is 1. The fraction of sp³-hybridized carbons (Fsp3) is 0.889. The van der Waals surface area contributed by atoms with Crippen molar-refractivity contribution in [2.45, 2.75) is 39.6 Å². The van der Waals surface area contributed by atoms with Crippen LogP contribution in [0.25, 0.3) is 0 Å². The predicted molar refractivity (Wildman–Crippen MR) is 49.5 cm³/mol. The fourth-order valence-corrected chi connectivity index (χ4v) is 1.26. The first-order chi connectivity index (χ1) is 5.93. The number of hydrogen-bond donors (Lipinski definition) is 0. The van der Waals surface area contributed by atoms with E-state index in [9.17, 15) is 4.79 Å². The largest absolute Gasteiger partial charge is 0.435 e. The molecule has 1 heterocycles. The van der Waals surface area contributed by atoms with Gasteiger partial charge < -0.3 is 9.47 Å². The molecule has 0 radical (unpaired) electrons. The molecule has 1 saturated heterocycles. The molecule has 0 saturated carbocycles. The number of alkyl halides is 1. The van der Waals surface area contributed by atoms with E-state index in [1.807, 2.05) is 20.8 Å². The van der Waals surface area contributed by atoms with Crippen LogP contribution in [-0.4, -0.2) is 24.2 Å². The third-order valence-electron chi connectivity index (χ3n) is 1.83. The van der Waals surface area contributed by atoms with Crippen molar-refractivity contribution in [3.05, 3.63) is 0 Å². The van der Waals surface area contributed by atoms with Gasteiger partial charge in [0.25, 0.3) is 0 Å². The average molecular weight is 207 g/mol. The predicted octanol–water partition coefficient (Wildman–Crippen LogP) is 1.93. The lowest BCUT2D eigenvalue weighted by atomic mass is 9.95. The van der Waals surface area contributed by atoms with Crippen molar-refractivity contribution in [1.82, 2.24) is 0 Å². The molecule has 0 bridgehead atoms. The molecule has 4 heteroatoms. The lowest BCUT2D eigenvalue weighted by Crippen LogP contribution is -2.43. The zero-order valence-corrected chi connectivity index (χ0v) is 8.93. The highest BCUT2D eigenvalue weighted by Crippen LogP contribution is 2.28. The molecule has 0 N–H and O–H groups in total. The minimum atomic E-state index is -0.475. The van der Waals surface area contributed by atoms with E-state index in [1.54, 1.807) is 0 Å². The minimum Gasteiger partial charge on any atom is -0.435 e. The van der Waals surface area contributed by atoms with Crippen molar-refractivity contribution in [3.63, 3.8) is 0 Å². The standard InChI is InChI=1S/C9H15ClO3/c1-9(2,3)8-12-6(5-10)4-7(11)13-8/h6,8H,4-5H2,1-3H3. The maximum Gasteiger partial charge on any atom is 0.310 e. The number of cyclic esters (lactones) is 1. The molecule has 13 heavy (non-hydrogen) atoms. The second-order valence-corrected chi connectivity index (χ2v) is 4.61. The van der Waals surface area contributed by atoms with Gasteiger partial charge in [-0.1, -0.05) is 20.8 Å². The smallest absolute Gasteiger partial charge is 0.310 e. The summed E-state index contributed by atoms with van der Waals surface area (Å²) in [4.78, 5) is 11.1. The Labute approximate surface area is 83.3 Å². The Morgan fingerprint density at radius 2 is 2.15 bits per heavy atom. The van der Waals surface area contributed by atoms with Crippen molar-refractivity contribution in [3.8, 4) is 0 Å². The summed E-state index contributed by atoms with van der Waals surface area (Å²) in [6.07, 6.45) is -0.416. The van der Waals surface area contributed by atoms with E-state index in [0.29, 0.717) is 5.88 Å². The zero-order valence-electron chi connectivity index (χ0n) is 8.17. The molecule has 1 aliphatic rings. The van der Waals surface area contributed by atoms with Crippen LogP contribution in [0.1, 0.15) is 27.2 Å². The molecule has 0 amide bonds. The van der Waals surface area contributed by atoms with Crippen molar-refractivity contribution < 1.29 is 14.3 Å². The van der Waals surface area contributed by atoms with Crippen molar-refractivity contribution >= 4 is 17.6 Å². The minimum absolute atomic E-state index is 0.194.